The first-order valence-electron chi connectivity index (χ1n) is 11.1. The lowest BCUT2D eigenvalue weighted by Gasteiger charge is -2.08. The molecule has 0 radical (unpaired) electrons. The number of hydrogen-bond donors (Lipinski definition) is 1. The predicted octanol–water partition coefficient (Wildman–Crippen LogP) is 4.61. The zero-order valence-electron chi connectivity index (χ0n) is 19.0. The van der Waals surface area contributed by atoms with Crippen LogP contribution in [0.1, 0.15) is 35.7 Å². The second-order valence-corrected chi connectivity index (χ2v) is 7.83. The summed E-state index contributed by atoms with van der Waals surface area (Å²) >= 11 is 0. The summed E-state index contributed by atoms with van der Waals surface area (Å²) in [5.74, 6) is 0.647. The summed E-state index contributed by atoms with van der Waals surface area (Å²) < 4.78 is 7.49. The van der Waals surface area contributed by atoms with Gasteiger partial charge in [-0.1, -0.05) is 18.2 Å². The topological polar surface area (TPSA) is 86.1 Å². The summed E-state index contributed by atoms with van der Waals surface area (Å²) in [5, 5.41) is 7.74. The largest absolute Gasteiger partial charge is 0.494 e. The van der Waals surface area contributed by atoms with Gasteiger partial charge in [-0.3, -0.25) is 14.6 Å². The highest BCUT2D eigenvalue weighted by atomic mass is 16.5. The lowest BCUT2D eigenvalue weighted by atomic mass is 10.1. The Kier molecular flexibility index (Phi) is 7.45. The van der Waals surface area contributed by atoms with Crippen LogP contribution in [0, 0.1) is 0 Å². The molecule has 0 spiro atoms. The number of pyridine rings is 1. The second kappa shape index (κ2) is 11.0. The van der Waals surface area contributed by atoms with Gasteiger partial charge in [0, 0.05) is 48.2 Å². The number of nitrogens with zero attached hydrogens (tertiary/aromatic N) is 3. The number of carbonyl (C=O) groups excluding carboxylic acids is 2. The molecule has 0 aliphatic rings. The number of nitrogens with one attached hydrogen (secondary N) is 1. The molecule has 4 aromatic rings. The van der Waals surface area contributed by atoms with Crippen molar-refractivity contribution in [3.63, 3.8) is 0 Å². The molecule has 1 amide bonds. The van der Waals surface area contributed by atoms with Gasteiger partial charge in [-0.05, 0) is 61.9 Å². The van der Waals surface area contributed by atoms with Gasteiger partial charge in [0.1, 0.15) is 5.75 Å². The third-order valence-electron chi connectivity index (χ3n) is 5.32. The number of ketones is 1. The number of Topliss-reactive ketones (excluding diaryl/α,β-unsaturated/α-hetero) is 1. The van der Waals surface area contributed by atoms with Crippen molar-refractivity contribution >= 4 is 11.7 Å². The molecule has 2 aromatic heterocycles. The van der Waals surface area contributed by atoms with Crippen LogP contribution in [0.25, 0.3) is 16.9 Å². The van der Waals surface area contributed by atoms with Crippen LogP contribution in [-0.4, -0.2) is 33.1 Å². The van der Waals surface area contributed by atoms with Gasteiger partial charge < -0.3 is 10.1 Å². The highest BCUT2D eigenvalue weighted by Gasteiger charge is 2.13. The van der Waals surface area contributed by atoms with Crippen LogP contribution in [0.5, 0.6) is 5.75 Å². The number of para-hydroxylation sites is 1. The van der Waals surface area contributed by atoms with Crippen LogP contribution < -0.4 is 10.1 Å². The molecular formula is C27H26N4O3. The third-order valence-corrected chi connectivity index (χ3v) is 5.32. The molecule has 0 saturated carbocycles. The molecule has 7 heteroatoms. The van der Waals surface area contributed by atoms with Crippen LogP contribution in [0.3, 0.4) is 0 Å². The van der Waals surface area contributed by atoms with E-state index < -0.39 is 0 Å². The van der Waals surface area contributed by atoms with Gasteiger partial charge in [0.15, 0.2) is 5.78 Å². The fraction of sp³-hybridized carbons (Fsp3) is 0.185. The Balaban J connectivity index is 1.33. The molecule has 1 N–H and O–H groups in total. The zero-order valence-corrected chi connectivity index (χ0v) is 19.0. The minimum absolute atomic E-state index is 0.0182. The van der Waals surface area contributed by atoms with Crippen molar-refractivity contribution < 1.29 is 14.3 Å². The standard InChI is InChI=1S/C27H26N4O3/c1-20(32)21-9-11-25(12-10-21)34-17-5-8-26(33)29-18-23-19-31(24-6-3-2-4-7-24)30-27(23)22-13-15-28-16-14-22/h2-4,6-7,9-16,19H,5,8,17-18H2,1H3,(H,29,33). The maximum absolute atomic E-state index is 12.4. The maximum Gasteiger partial charge on any atom is 0.220 e. The smallest absolute Gasteiger partial charge is 0.220 e. The Morgan fingerprint density at radius 1 is 0.971 bits per heavy atom. The van der Waals surface area contributed by atoms with E-state index in [2.05, 4.69) is 10.3 Å². The zero-order chi connectivity index (χ0) is 23.8. The molecular weight excluding hydrogens is 428 g/mol. The summed E-state index contributed by atoms with van der Waals surface area (Å²) in [6, 6.07) is 20.7. The number of carbonyl (C=O) groups is 2. The van der Waals surface area contributed by atoms with E-state index in [1.54, 1.807) is 36.7 Å². The van der Waals surface area contributed by atoms with Crippen LogP contribution in [-0.2, 0) is 11.3 Å². The van der Waals surface area contributed by atoms with Crippen molar-refractivity contribution in [1.29, 1.82) is 0 Å². The minimum Gasteiger partial charge on any atom is -0.494 e. The van der Waals surface area contributed by atoms with Crippen molar-refractivity contribution in [2.45, 2.75) is 26.3 Å². The van der Waals surface area contributed by atoms with Crippen molar-refractivity contribution in [2.75, 3.05) is 6.61 Å². The quantitative estimate of drug-likeness (QED) is 0.279. The molecule has 0 atom stereocenters. The Hall–Kier alpha value is -4.26. The van der Waals surface area contributed by atoms with E-state index in [1.165, 1.54) is 6.92 Å². The highest BCUT2D eigenvalue weighted by Crippen LogP contribution is 2.23. The summed E-state index contributed by atoms with van der Waals surface area (Å²) in [7, 11) is 0. The van der Waals surface area contributed by atoms with Gasteiger partial charge in [-0.25, -0.2) is 4.68 Å². The fourth-order valence-electron chi connectivity index (χ4n) is 3.50. The van der Waals surface area contributed by atoms with E-state index in [4.69, 9.17) is 9.84 Å². The molecule has 0 aliphatic heterocycles. The van der Waals surface area contributed by atoms with Crippen molar-refractivity contribution in [1.82, 2.24) is 20.1 Å². The third kappa shape index (κ3) is 5.95. The van der Waals surface area contributed by atoms with E-state index in [9.17, 15) is 9.59 Å². The Bertz CT molecular complexity index is 1240. The number of ether oxygens (including phenoxy) is 1. The summed E-state index contributed by atoms with van der Waals surface area (Å²) in [4.78, 5) is 27.9. The molecule has 0 aliphatic carbocycles. The van der Waals surface area contributed by atoms with Gasteiger partial charge >= 0.3 is 0 Å². The average molecular weight is 455 g/mol. The van der Waals surface area contributed by atoms with E-state index in [0.717, 1.165) is 22.5 Å². The molecule has 0 unspecified atom stereocenters. The monoisotopic (exact) mass is 454 g/mol. The van der Waals surface area contributed by atoms with Crippen molar-refractivity contribution in [3.05, 3.63) is 96.4 Å². The highest BCUT2D eigenvalue weighted by molar-refractivity contribution is 5.94. The number of rotatable bonds is 10. The Labute approximate surface area is 198 Å². The van der Waals surface area contributed by atoms with E-state index >= 15 is 0 Å². The first-order valence-corrected chi connectivity index (χ1v) is 11.1. The van der Waals surface area contributed by atoms with Crippen LogP contribution in [0.4, 0.5) is 0 Å². The first kappa shape index (κ1) is 22.9. The number of hydrogen-bond acceptors (Lipinski definition) is 5. The average Bonchev–Trinajstić information content (AvgIpc) is 3.31. The van der Waals surface area contributed by atoms with Crippen LogP contribution in [0.2, 0.25) is 0 Å². The van der Waals surface area contributed by atoms with Crippen molar-refractivity contribution in [3.8, 4) is 22.7 Å². The Morgan fingerprint density at radius 2 is 1.71 bits per heavy atom. The van der Waals surface area contributed by atoms with Crippen LogP contribution >= 0.6 is 0 Å². The molecule has 0 saturated heterocycles. The SMILES string of the molecule is CC(=O)c1ccc(OCCCC(=O)NCc2cn(-c3ccccc3)nc2-c2ccncc2)cc1. The number of benzene rings is 2. The molecule has 2 aromatic carbocycles. The molecule has 0 fully saturated rings. The van der Waals surface area contributed by atoms with E-state index in [0.29, 0.717) is 37.3 Å². The maximum atomic E-state index is 12.4. The molecule has 2 heterocycles. The number of aromatic nitrogens is 3. The van der Waals surface area contributed by atoms with E-state index in [1.807, 2.05) is 53.3 Å². The van der Waals surface area contributed by atoms with E-state index in [-0.39, 0.29) is 11.7 Å². The molecule has 172 valence electrons. The Morgan fingerprint density at radius 3 is 2.41 bits per heavy atom. The molecule has 4 rings (SSSR count). The minimum atomic E-state index is -0.0522. The van der Waals surface area contributed by atoms with Gasteiger partial charge in [-0.15, -0.1) is 0 Å². The second-order valence-electron chi connectivity index (χ2n) is 7.83. The summed E-state index contributed by atoms with van der Waals surface area (Å²) in [6.07, 6.45) is 6.34. The van der Waals surface area contributed by atoms with Gasteiger partial charge in [0.2, 0.25) is 5.91 Å². The fourth-order valence-corrected chi connectivity index (χ4v) is 3.50. The molecule has 0 bridgehead atoms. The predicted molar refractivity (Wildman–Crippen MR) is 130 cm³/mol. The summed E-state index contributed by atoms with van der Waals surface area (Å²) in [5.41, 5.74) is 4.27. The summed E-state index contributed by atoms with van der Waals surface area (Å²) in [6.45, 7) is 2.32. The van der Waals surface area contributed by atoms with Gasteiger partial charge in [0.25, 0.3) is 0 Å². The normalized spacial score (nSPS) is 10.6. The molecule has 7 nitrogen and oxygen atoms in total. The first-order chi connectivity index (χ1) is 16.6. The number of amides is 1. The van der Waals surface area contributed by atoms with Crippen molar-refractivity contribution in [2.24, 2.45) is 0 Å². The van der Waals surface area contributed by atoms with Gasteiger partial charge in [0.05, 0.1) is 18.0 Å². The lowest BCUT2D eigenvalue weighted by molar-refractivity contribution is -0.121. The van der Waals surface area contributed by atoms with Gasteiger partial charge in [-0.2, -0.15) is 5.10 Å². The lowest BCUT2D eigenvalue weighted by Crippen LogP contribution is -2.23. The molecule has 34 heavy (non-hydrogen) atoms. The van der Waals surface area contributed by atoms with Crippen LogP contribution in [0.15, 0.2) is 85.3 Å².